The van der Waals surface area contributed by atoms with E-state index in [1.54, 1.807) is 12.1 Å². The lowest BCUT2D eigenvalue weighted by Gasteiger charge is -2.23. The number of rotatable bonds is 7. The maximum absolute atomic E-state index is 12.6. The minimum absolute atomic E-state index is 0.114. The number of thiazole rings is 1. The van der Waals surface area contributed by atoms with Gasteiger partial charge in [-0.2, -0.15) is 0 Å². The number of carbonyl (C=O) groups is 2. The number of fused-ring (bicyclic) bond motifs is 1. The normalized spacial score (nSPS) is 14.7. The molecule has 0 saturated heterocycles. The van der Waals surface area contributed by atoms with Crippen molar-refractivity contribution in [3.63, 3.8) is 0 Å². The molecule has 3 aromatic rings. The number of benzene rings is 2. The van der Waals surface area contributed by atoms with Crippen LogP contribution in [0.1, 0.15) is 21.8 Å². The van der Waals surface area contributed by atoms with Crippen LogP contribution in [0.2, 0.25) is 0 Å². The van der Waals surface area contributed by atoms with Crippen molar-refractivity contribution in [2.45, 2.75) is 31.6 Å². The number of hydrogen-bond donors (Lipinski definition) is 3. The van der Waals surface area contributed by atoms with Crippen LogP contribution < -0.4 is 10.2 Å². The monoisotopic (exact) mass is 437 g/mol. The average Bonchev–Trinajstić information content (AvgIpc) is 3.43. The summed E-state index contributed by atoms with van der Waals surface area (Å²) >= 11 is 1.40. The van der Waals surface area contributed by atoms with Gasteiger partial charge in [0.05, 0.1) is 12.2 Å². The average molecular weight is 438 g/mol. The Morgan fingerprint density at radius 2 is 1.81 bits per heavy atom. The Morgan fingerprint density at radius 3 is 2.61 bits per heavy atom. The van der Waals surface area contributed by atoms with E-state index in [2.05, 4.69) is 10.3 Å². The Morgan fingerprint density at radius 1 is 1.06 bits per heavy atom. The summed E-state index contributed by atoms with van der Waals surface area (Å²) in [6.07, 6.45) is -2.33. The molecule has 8 heteroatoms. The van der Waals surface area contributed by atoms with Gasteiger partial charge in [0.25, 0.3) is 11.8 Å². The van der Waals surface area contributed by atoms with E-state index in [4.69, 9.17) is 0 Å². The van der Waals surface area contributed by atoms with Crippen molar-refractivity contribution in [1.29, 1.82) is 0 Å². The maximum Gasteiger partial charge on any atom is 0.259 e. The predicted molar refractivity (Wildman–Crippen MR) is 118 cm³/mol. The van der Waals surface area contributed by atoms with E-state index in [0.29, 0.717) is 30.1 Å². The molecule has 0 unspecified atom stereocenters. The van der Waals surface area contributed by atoms with Gasteiger partial charge >= 0.3 is 0 Å². The first-order chi connectivity index (χ1) is 15.0. The molecule has 0 spiro atoms. The summed E-state index contributed by atoms with van der Waals surface area (Å²) in [5.41, 5.74) is 3.73. The van der Waals surface area contributed by atoms with E-state index in [1.165, 1.54) is 16.2 Å². The van der Waals surface area contributed by atoms with E-state index in [-0.39, 0.29) is 6.54 Å². The molecular formula is C23H23N3O4S. The number of hydrogen-bond acceptors (Lipinski definition) is 6. The summed E-state index contributed by atoms with van der Waals surface area (Å²) in [5.74, 6) is -1.50. The molecule has 1 aliphatic rings. The molecule has 7 nitrogen and oxygen atoms in total. The number of aliphatic hydroxyl groups is 2. The quantitative estimate of drug-likeness (QED) is 0.522. The zero-order chi connectivity index (χ0) is 21.8. The second-order valence-corrected chi connectivity index (χ2v) is 8.31. The molecule has 0 saturated carbocycles. The molecule has 160 valence electrons. The highest BCUT2D eigenvalue weighted by molar-refractivity contribution is 7.09. The fourth-order valence-corrected chi connectivity index (χ4v) is 4.32. The van der Waals surface area contributed by atoms with Gasteiger partial charge in [-0.1, -0.05) is 48.5 Å². The van der Waals surface area contributed by atoms with Crippen molar-refractivity contribution < 1.29 is 19.8 Å². The van der Waals surface area contributed by atoms with Crippen molar-refractivity contribution in [3.05, 3.63) is 81.8 Å². The first-order valence-electron chi connectivity index (χ1n) is 10.0. The number of aliphatic hydroxyl groups excluding tert-OH is 2. The molecule has 0 fully saturated rings. The van der Waals surface area contributed by atoms with Crippen molar-refractivity contribution in [3.8, 4) is 0 Å². The zero-order valence-corrected chi connectivity index (χ0v) is 17.6. The van der Waals surface area contributed by atoms with E-state index in [1.807, 2.05) is 47.8 Å². The third-order valence-electron chi connectivity index (χ3n) is 5.22. The van der Waals surface area contributed by atoms with E-state index in [9.17, 15) is 19.8 Å². The number of carbonyl (C=O) groups excluding carboxylic acids is 2. The van der Waals surface area contributed by atoms with E-state index in [0.717, 1.165) is 16.8 Å². The summed E-state index contributed by atoms with van der Waals surface area (Å²) in [4.78, 5) is 30.8. The predicted octanol–water partition coefficient (Wildman–Crippen LogP) is 1.66. The number of anilines is 1. The van der Waals surface area contributed by atoms with Crippen LogP contribution in [0.25, 0.3) is 0 Å². The molecule has 0 radical (unpaired) electrons. The molecule has 31 heavy (non-hydrogen) atoms. The third-order valence-corrected chi connectivity index (χ3v) is 6.11. The van der Waals surface area contributed by atoms with Gasteiger partial charge in [-0.05, 0) is 23.6 Å². The summed E-state index contributed by atoms with van der Waals surface area (Å²) in [6.45, 7) is 0.524. The topological polar surface area (TPSA) is 103 Å². The lowest BCUT2D eigenvalue weighted by atomic mass is 10.1. The Bertz CT molecular complexity index is 1070. The van der Waals surface area contributed by atoms with E-state index >= 15 is 0 Å². The van der Waals surface area contributed by atoms with Crippen LogP contribution in [-0.2, 0) is 29.0 Å². The number of amides is 2. The second kappa shape index (κ2) is 9.38. The van der Waals surface area contributed by atoms with Crippen molar-refractivity contribution >= 4 is 28.8 Å². The molecule has 0 aliphatic carbocycles. The molecule has 2 aromatic carbocycles. The third kappa shape index (κ3) is 4.82. The molecule has 2 atom stereocenters. The largest absolute Gasteiger partial charge is 0.380 e. The molecule has 3 N–H and O–H groups in total. The van der Waals surface area contributed by atoms with Crippen LogP contribution in [0.5, 0.6) is 0 Å². The first kappa shape index (κ1) is 21.2. The molecule has 1 aliphatic heterocycles. The SMILES string of the molecule is O=C(NCc1nc(Cc2ccccc2)cs1)[C@H](O)[C@@H](O)C(=O)N1CCc2ccccc21. The molecule has 2 heterocycles. The number of nitrogens with zero attached hydrogens (tertiary/aromatic N) is 2. The smallest absolute Gasteiger partial charge is 0.259 e. The highest BCUT2D eigenvalue weighted by Gasteiger charge is 2.36. The minimum Gasteiger partial charge on any atom is -0.380 e. The number of para-hydroxylation sites is 1. The van der Waals surface area contributed by atoms with Crippen molar-refractivity contribution in [1.82, 2.24) is 10.3 Å². The van der Waals surface area contributed by atoms with Gasteiger partial charge in [-0.15, -0.1) is 11.3 Å². The highest BCUT2D eigenvalue weighted by atomic mass is 32.1. The lowest BCUT2D eigenvalue weighted by molar-refractivity contribution is -0.144. The Kier molecular flexibility index (Phi) is 6.41. The summed E-state index contributed by atoms with van der Waals surface area (Å²) < 4.78 is 0. The lowest BCUT2D eigenvalue weighted by Crippen LogP contribution is -2.50. The van der Waals surface area contributed by atoms with Gasteiger partial charge in [0, 0.05) is 24.0 Å². The van der Waals surface area contributed by atoms with Gasteiger partial charge < -0.3 is 20.4 Å². The second-order valence-electron chi connectivity index (χ2n) is 7.37. The molecule has 0 bridgehead atoms. The van der Waals surface area contributed by atoms with Crippen LogP contribution >= 0.6 is 11.3 Å². The number of nitrogens with one attached hydrogen (secondary N) is 1. The maximum atomic E-state index is 12.6. The Labute approximate surface area is 184 Å². The highest BCUT2D eigenvalue weighted by Crippen LogP contribution is 2.28. The van der Waals surface area contributed by atoms with Crippen LogP contribution in [0.15, 0.2) is 60.0 Å². The van der Waals surface area contributed by atoms with Crippen LogP contribution in [0.4, 0.5) is 5.69 Å². The standard InChI is InChI=1S/C23H23N3O4S/c27-20(21(28)23(30)26-11-10-16-8-4-5-9-18(16)26)22(29)24-13-19-25-17(14-31-19)12-15-6-2-1-3-7-15/h1-9,14,20-21,27-28H,10-13H2,(H,24,29)/t20-,21-/m1/s1. The van der Waals surface area contributed by atoms with Crippen molar-refractivity contribution in [2.24, 2.45) is 0 Å². The Balaban J connectivity index is 1.31. The van der Waals surface area contributed by atoms with Gasteiger partial charge in [-0.25, -0.2) is 4.98 Å². The zero-order valence-electron chi connectivity index (χ0n) is 16.8. The van der Waals surface area contributed by atoms with Gasteiger partial charge in [-0.3, -0.25) is 9.59 Å². The van der Waals surface area contributed by atoms with Crippen LogP contribution in [0, 0.1) is 0 Å². The molecule has 2 amide bonds. The van der Waals surface area contributed by atoms with Crippen molar-refractivity contribution in [2.75, 3.05) is 11.4 Å². The first-order valence-corrected chi connectivity index (χ1v) is 10.9. The fraction of sp³-hybridized carbons (Fsp3) is 0.261. The van der Waals surface area contributed by atoms with Crippen LogP contribution in [0.3, 0.4) is 0 Å². The fourth-order valence-electron chi connectivity index (χ4n) is 3.59. The summed E-state index contributed by atoms with van der Waals surface area (Å²) in [6, 6.07) is 17.3. The van der Waals surface area contributed by atoms with Gasteiger partial charge in [0.1, 0.15) is 5.01 Å². The molecular weight excluding hydrogens is 414 g/mol. The molecule has 1 aromatic heterocycles. The van der Waals surface area contributed by atoms with E-state index < -0.39 is 24.0 Å². The minimum atomic E-state index is -1.86. The summed E-state index contributed by atoms with van der Waals surface area (Å²) in [7, 11) is 0. The summed E-state index contributed by atoms with van der Waals surface area (Å²) in [5, 5.41) is 25.7. The van der Waals surface area contributed by atoms with Crippen LogP contribution in [-0.4, -0.2) is 45.8 Å². The van der Waals surface area contributed by atoms with Gasteiger partial charge in [0.2, 0.25) is 0 Å². The Hall–Kier alpha value is -3.07. The number of aromatic nitrogens is 1. The van der Waals surface area contributed by atoms with Gasteiger partial charge in [0.15, 0.2) is 12.2 Å². The molecule has 4 rings (SSSR count).